The van der Waals surface area contributed by atoms with Crippen LogP contribution in [0, 0.1) is 31.1 Å². The molecular formula is C39H72F3N3O5S. The van der Waals surface area contributed by atoms with Gasteiger partial charge in [0, 0.05) is 32.4 Å². The number of nitrogens with two attached hydrogens (primary N) is 1. The van der Waals surface area contributed by atoms with Crippen LogP contribution < -0.4 is 16.4 Å². The van der Waals surface area contributed by atoms with Crippen LogP contribution in [0.15, 0.2) is 30.3 Å². The number of alkyl halides is 3. The van der Waals surface area contributed by atoms with Crippen molar-refractivity contribution in [3.8, 4) is 12.3 Å². The molecule has 0 radical (unpaired) electrons. The van der Waals surface area contributed by atoms with E-state index in [1.165, 1.54) is 37.7 Å². The van der Waals surface area contributed by atoms with E-state index >= 15 is 0 Å². The molecule has 1 fully saturated rings. The molecule has 0 heterocycles. The Labute approximate surface area is 309 Å². The molecule has 0 saturated heterocycles. The molecule has 1 aliphatic rings. The van der Waals surface area contributed by atoms with Gasteiger partial charge in [-0.1, -0.05) is 123 Å². The second kappa shape index (κ2) is 35.8. The van der Waals surface area contributed by atoms with E-state index < -0.39 is 46.4 Å². The zero-order valence-corrected chi connectivity index (χ0v) is 33.9. The first kappa shape index (κ1) is 55.1. The third-order valence-electron chi connectivity index (χ3n) is 7.12. The Morgan fingerprint density at radius 2 is 1.53 bits per heavy atom. The molecule has 2 atom stereocenters. The van der Waals surface area contributed by atoms with Crippen molar-refractivity contribution in [1.29, 1.82) is 0 Å². The fourth-order valence-electron chi connectivity index (χ4n) is 4.10. The van der Waals surface area contributed by atoms with Gasteiger partial charge in [-0.3, -0.25) is 9.59 Å². The van der Waals surface area contributed by atoms with Gasteiger partial charge < -0.3 is 21.5 Å². The first-order valence-electron chi connectivity index (χ1n) is 18.6. The standard InChI is InChI=1S/C18H33N3O5S.C7H14.C7H8.C3H5F3.2C2H6/c1-4-5-6-16(18(24)20-13-15(22)8-7-14(2)3)21-17(23)9-11-27(25,26)12-10-19;2*1-7-5-3-2-4-6-7;1-2-3(4,5)6;2*1-2/h1,14-16,22H,5-13,19H2,2-3H3,(H,20,24)(H,21,23);7H,2-6H2,1H3;2-6H,1H3;2H2,1H3;2*1-2H3/t15-,16-;;;;;/m0...../s1. The summed E-state index contributed by atoms with van der Waals surface area (Å²) in [5, 5.41) is 15.0. The van der Waals surface area contributed by atoms with Gasteiger partial charge in [-0.2, -0.15) is 13.2 Å². The predicted octanol–water partition coefficient (Wildman–Crippen LogP) is 8.15. The SMILES string of the molecule is C#CCC[C@H](NC(=O)CCS(=O)(=O)CCN)C(=O)NC[C@@H](O)CCC(C)C.CC.CC.CC1CCCCC1.CCC(F)(F)F.Cc1ccccc1. The van der Waals surface area contributed by atoms with Gasteiger partial charge in [0.1, 0.15) is 6.04 Å². The smallest absolute Gasteiger partial charge is 0.388 e. The maximum absolute atomic E-state index is 12.3. The number of sulfone groups is 1. The monoisotopic (exact) mass is 752 g/mol. The number of amides is 2. The quantitative estimate of drug-likeness (QED) is 0.142. The lowest BCUT2D eigenvalue weighted by molar-refractivity contribution is -0.130. The molecule has 0 spiro atoms. The van der Waals surface area contributed by atoms with Gasteiger partial charge >= 0.3 is 6.18 Å². The van der Waals surface area contributed by atoms with Crippen molar-refractivity contribution in [2.45, 2.75) is 151 Å². The number of aliphatic hydroxyl groups excluding tert-OH is 1. The lowest BCUT2D eigenvalue weighted by Crippen LogP contribution is -2.48. The van der Waals surface area contributed by atoms with Gasteiger partial charge in [0.2, 0.25) is 11.8 Å². The van der Waals surface area contributed by atoms with E-state index in [9.17, 15) is 36.3 Å². The molecule has 1 aliphatic carbocycles. The van der Waals surface area contributed by atoms with Crippen LogP contribution >= 0.6 is 0 Å². The van der Waals surface area contributed by atoms with Crippen LogP contribution in [0.5, 0.6) is 0 Å². The summed E-state index contributed by atoms with van der Waals surface area (Å²) in [6, 6.07) is 9.39. The van der Waals surface area contributed by atoms with Gasteiger partial charge in [0.25, 0.3) is 0 Å². The number of carbonyl (C=O) groups is 2. The highest BCUT2D eigenvalue weighted by Crippen LogP contribution is 2.22. The summed E-state index contributed by atoms with van der Waals surface area (Å²) in [6.45, 7) is 17.7. The van der Waals surface area contributed by atoms with E-state index in [1.54, 1.807) is 0 Å². The van der Waals surface area contributed by atoms with Crippen molar-refractivity contribution < 1.29 is 36.3 Å². The highest BCUT2D eigenvalue weighted by Gasteiger charge is 2.23. The summed E-state index contributed by atoms with van der Waals surface area (Å²) in [4.78, 5) is 24.3. The number of hydrogen-bond acceptors (Lipinski definition) is 6. The number of aryl methyl sites for hydroxylation is 1. The zero-order valence-electron chi connectivity index (χ0n) is 33.1. The highest BCUT2D eigenvalue weighted by molar-refractivity contribution is 7.91. The Morgan fingerprint density at radius 1 is 1.00 bits per heavy atom. The lowest BCUT2D eigenvalue weighted by atomic mass is 9.91. The largest absolute Gasteiger partial charge is 0.391 e. The minimum atomic E-state index is -3.96. The third kappa shape index (κ3) is 41.7. The summed E-state index contributed by atoms with van der Waals surface area (Å²) in [5.41, 5.74) is 6.54. The Kier molecular flexibility index (Phi) is 38.7. The van der Waals surface area contributed by atoms with Crippen LogP contribution in [0.25, 0.3) is 0 Å². The van der Waals surface area contributed by atoms with Gasteiger partial charge in [-0.05, 0) is 38.0 Å². The Hall–Kier alpha value is -2.62. The molecule has 2 amide bonds. The van der Waals surface area contributed by atoms with E-state index in [1.807, 2.05) is 59.7 Å². The topological polar surface area (TPSA) is 139 Å². The van der Waals surface area contributed by atoms with E-state index in [2.05, 4.69) is 42.5 Å². The van der Waals surface area contributed by atoms with Gasteiger partial charge in [-0.25, -0.2) is 8.42 Å². The fraction of sp³-hybridized carbons (Fsp3) is 0.744. The van der Waals surface area contributed by atoms with Crippen LogP contribution in [-0.2, 0) is 19.4 Å². The molecule has 300 valence electrons. The van der Waals surface area contributed by atoms with Crippen LogP contribution in [0.2, 0.25) is 0 Å². The third-order valence-corrected chi connectivity index (χ3v) is 8.81. The van der Waals surface area contributed by atoms with Crippen LogP contribution in [0.4, 0.5) is 13.2 Å². The number of aliphatic hydroxyl groups is 1. The van der Waals surface area contributed by atoms with Gasteiger partial charge in [0.05, 0.1) is 17.6 Å². The average molecular weight is 752 g/mol. The molecule has 0 aromatic heterocycles. The second-order valence-corrected chi connectivity index (χ2v) is 14.6. The number of rotatable bonds is 14. The van der Waals surface area contributed by atoms with Crippen LogP contribution in [-0.4, -0.2) is 68.3 Å². The molecule has 1 aromatic carbocycles. The summed E-state index contributed by atoms with van der Waals surface area (Å²) >= 11 is 0. The van der Waals surface area contributed by atoms with Crippen LogP contribution in [0.3, 0.4) is 0 Å². The number of nitrogens with one attached hydrogen (secondary N) is 2. The number of terminal acetylenes is 1. The maximum Gasteiger partial charge on any atom is 0.388 e. The zero-order chi connectivity index (χ0) is 40.3. The first-order chi connectivity index (χ1) is 24.0. The van der Waals surface area contributed by atoms with E-state index in [4.69, 9.17) is 12.2 Å². The summed E-state index contributed by atoms with van der Waals surface area (Å²) in [6.07, 6.45) is 8.97. The van der Waals surface area contributed by atoms with Crippen LogP contribution in [0.1, 0.15) is 132 Å². The molecule has 5 N–H and O–H groups in total. The van der Waals surface area contributed by atoms with Crippen molar-refractivity contribution in [2.75, 3.05) is 24.6 Å². The molecule has 8 nitrogen and oxygen atoms in total. The Balaban J connectivity index is -0.000000365. The van der Waals surface area contributed by atoms with Gasteiger partial charge in [0.15, 0.2) is 9.84 Å². The van der Waals surface area contributed by atoms with Gasteiger partial charge in [-0.15, -0.1) is 12.3 Å². The molecule has 51 heavy (non-hydrogen) atoms. The van der Waals surface area contributed by atoms with E-state index in [0.29, 0.717) is 12.3 Å². The molecule has 12 heteroatoms. The van der Waals surface area contributed by atoms with Crippen molar-refractivity contribution in [2.24, 2.45) is 17.6 Å². The van der Waals surface area contributed by atoms with Crippen molar-refractivity contribution in [3.05, 3.63) is 35.9 Å². The number of carbonyl (C=O) groups excluding carboxylic acids is 2. The molecular weight excluding hydrogens is 680 g/mol. The molecule has 1 aromatic rings. The summed E-state index contributed by atoms with van der Waals surface area (Å²) in [7, 11) is -3.39. The molecule has 0 bridgehead atoms. The first-order valence-corrected chi connectivity index (χ1v) is 20.5. The van der Waals surface area contributed by atoms with Crippen molar-refractivity contribution in [3.63, 3.8) is 0 Å². The fourth-order valence-corrected chi connectivity index (χ4v) is 5.16. The number of benzene rings is 1. The number of hydrogen-bond donors (Lipinski definition) is 4. The second-order valence-electron chi connectivity index (χ2n) is 12.3. The summed E-state index contributed by atoms with van der Waals surface area (Å²) in [5.74, 6) is 2.38. The summed E-state index contributed by atoms with van der Waals surface area (Å²) < 4.78 is 55.6. The minimum absolute atomic E-state index is 0.00368. The highest BCUT2D eigenvalue weighted by atomic mass is 32.2. The maximum atomic E-state index is 12.3. The van der Waals surface area contributed by atoms with E-state index in [0.717, 1.165) is 19.3 Å². The molecule has 1 saturated carbocycles. The Bertz CT molecular complexity index is 1090. The average Bonchev–Trinajstić information content (AvgIpc) is 3.10. The lowest BCUT2D eigenvalue weighted by Gasteiger charge is -2.19. The van der Waals surface area contributed by atoms with Crippen molar-refractivity contribution in [1.82, 2.24) is 10.6 Å². The van der Waals surface area contributed by atoms with Crippen molar-refractivity contribution >= 4 is 21.7 Å². The normalized spacial score (nSPS) is 13.5. The Morgan fingerprint density at radius 3 is 1.90 bits per heavy atom. The molecule has 0 unspecified atom stereocenters. The van der Waals surface area contributed by atoms with E-state index in [-0.39, 0.29) is 43.9 Å². The molecule has 0 aliphatic heterocycles. The number of halogens is 3. The molecule has 2 rings (SSSR count). The minimum Gasteiger partial charge on any atom is -0.391 e. The predicted molar refractivity (Wildman–Crippen MR) is 208 cm³/mol.